The molecule has 3 rings (SSSR count). The van der Waals surface area contributed by atoms with Crippen molar-refractivity contribution < 1.29 is 4.79 Å². The second kappa shape index (κ2) is 6.59. The highest BCUT2D eigenvalue weighted by Gasteiger charge is 2.11. The summed E-state index contributed by atoms with van der Waals surface area (Å²) < 4.78 is 1.81. The number of halogens is 1. The lowest BCUT2D eigenvalue weighted by molar-refractivity contribution is 0.102. The third-order valence-corrected chi connectivity index (χ3v) is 4.33. The summed E-state index contributed by atoms with van der Waals surface area (Å²) in [4.78, 5) is 27.8. The van der Waals surface area contributed by atoms with Crippen LogP contribution in [0.4, 0.5) is 5.69 Å². The van der Waals surface area contributed by atoms with Gasteiger partial charge in [0.15, 0.2) is 4.77 Å². The molecule has 0 aliphatic rings. The normalized spacial score (nSPS) is 10.8. The molecule has 0 saturated carbocycles. The number of nitrogens with one attached hydrogen (secondary N) is 2. The van der Waals surface area contributed by atoms with E-state index in [1.807, 2.05) is 6.92 Å². The van der Waals surface area contributed by atoms with Crippen molar-refractivity contribution in [1.29, 1.82) is 0 Å². The van der Waals surface area contributed by atoms with E-state index in [1.54, 1.807) is 42.5 Å². The van der Waals surface area contributed by atoms with Crippen molar-refractivity contribution in [2.45, 2.75) is 13.5 Å². The van der Waals surface area contributed by atoms with Gasteiger partial charge in [0.25, 0.3) is 11.5 Å². The van der Waals surface area contributed by atoms with E-state index in [0.717, 1.165) is 0 Å². The molecule has 0 aliphatic carbocycles. The Kier molecular flexibility index (Phi) is 4.51. The molecule has 0 spiro atoms. The first kappa shape index (κ1) is 16.4. The van der Waals surface area contributed by atoms with Gasteiger partial charge in [0.1, 0.15) is 0 Å². The summed E-state index contributed by atoms with van der Waals surface area (Å²) in [6.07, 6.45) is 0. The number of anilines is 1. The molecule has 0 aliphatic heterocycles. The van der Waals surface area contributed by atoms with E-state index in [2.05, 4.69) is 10.3 Å². The van der Waals surface area contributed by atoms with Gasteiger partial charge in [0, 0.05) is 12.1 Å². The Hall–Kier alpha value is -2.44. The number of nitrogens with zero attached hydrogens (tertiary/aromatic N) is 1. The summed E-state index contributed by atoms with van der Waals surface area (Å²) >= 11 is 11.2. The summed E-state index contributed by atoms with van der Waals surface area (Å²) in [6.45, 7) is 2.33. The van der Waals surface area contributed by atoms with Crippen LogP contribution in [0.1, 0.15) is 17.3 Å². The van der Waals surface area contributed by atoms with Crippen LogP contribution < -0.4 is 10.9 Å². The predicted octanol–water partition coefficient (Wildman–Crippen LogP) is 3.98. The predicted molar refractivity (Wildman–Crippen MR) is 98.5 cm³/mol. The number of carbonyl (C=O) groups is 1. The molecule has 0 fully saturated rings. The minimum atomic E-state index is -0.316. The van der Waals surface area contributed by atoms with E-state index >= 15 is 0 Å². The van der Waals surface area contributed by atoms with Crippen molar-refractivity contribution in [3.05, 3.63) is 68.2 Å². The van der Waals surface area contributed by atoms with Gasteiger partial charge in [-0.3, -0.25) is 14.2 Å². The lowest BCUT2D eigenvalue weighted by Crippen LogP contribution is -2.21. The zero-order chi connectivity index (χ0) is 17.3. The zero-order valence-electron chi connectivity index (χ0n) is 12.8. The first-order valence-electron chi connectivity index (χ1n) is 7.34. The number of aromatic amines is 1. The van der Waals surface area contributed by atoms with Crippen molar-refractivity contribution in [3.63, 3.8) is 0 Å². The fraction of sp³-hybridized carbons (Fsp3) is 0.118. The Morgan fingerprint density at radius 2 is 2.04 bits per heavy atom. The number of para-hydroxylation sites is 1. The second-order valence-corrected chi connectivity index (χ2v) is 5.97. The molecule has 0 atom stereocenters. The fourth-order valence-electron chi connectivity index (χ4n) is 2.44. The highest BCUT2D eigenvalue weighted by molar-refractivity contribution is 7.71. The molecule has 0 radical (unpaired) electrons. The molecule has 1 heterocycles. The Labute approximate surface area is 147 Å². The number of amides is 1. The van der Waals surface area contributed by atoms with Gasteiger partial charge >= 0.3 is 0 Å². The van der Waals surface area contributed by atoms with E-state index < -0.39 is 0 Å². The van der Waals surface area contributed by atoms with Crippen LogP contribution in [0.3, 0.4) is 0 Å². The van der Waals surface area contributed by atoms with Crippen LogP contribution in [0.2, 0.25) is 5.02 Å². The summed E-state index contributed by atoms with van der Waals surface area (Å²) in [7, 11) is 0. The van der Waals surface area contributed by atoms with Gasteiger partial charge in [-0.15, -0.1) is 0 Å². The van der Waals surface area contributed by atoms with Gasteiger partial charge in [-0.2, -0.15) is 0 Å². The topological polar surface area (TPSA) is 66.9 Å². The van der Waals surface area contributed by atoms with Crippen molar-refractivity contribution in [1.82, 2.24) is 9.55 Å². The maximum absolute atomic E-state index is 12.4. The maximum Gasteiger partial charge on any atom is 0.262 e. The largest absolute Gasteiger partial charge is 0.332 e. The molecule has 2 N–H and O–H groups in total. The number of hydrogen-bond donors (Lipinski definition) is 2. The van der Waals surface area contributed by atoms with Gasteiger partial charge in [-0.05, 0) is 49.5 Å². The van der Waals surface area contributed by atoms with E-state index in [4.69, 9.17) is 23.8 Å². The lowest BCUT2D eigenvalue weighted by Gasteiger charge is -2.09. The molecular formula is C17H14ClN3O2S. The highest BCUT2D eigenvalue weighted by Crippen LogP contribution is 2.21. The molecule has 122 valence electrons. The minimum Gasteiger partial charge on any atom is -0.332 e. The Balaban J connectivity index is 2.02. The van der Waals surface area contributed by atoms with Crippen LogP contribution in [0.15, 0.2) is 47.3 Å². The molecule has 7 heteroatoms. The van der Waals surface area contributed by atoms with Crippen LogP contribution in [0.5, 0.6) is 0 Å². The van der Waals surface area contributed by atoms with Crippen molar-refractivity contribution in [3.8, 4) is 0 Å². The van der Waals surface area contributed by atoms with Crippen LogP contribution in [-0.2, 0) is 6.54 Å². The molecule has 2 aromatic carbocycles. The quantitative estimate of drug-likeness (QED) is 0.695. The first-order chi connectivity index (χ1) is 11.5. The maximum atomic E-state index is 12.4. The zero-order valence-corrected chi connectivity index (χ0v) is 14.4. The molecular weight excluding hydrogens is 346 g/mol. The number of hydrogen-bond acceptors (Lipinski definition) is 3. The summed E-state index contributed by atoms with van der Waals surface area (Å²) in [5, 5.41) is 3.69. The lowest BCUT2D eigenvalue weighted by atomic mass is 10.1. The standard InChI is InChI=1S/C17H14ClN3O2S/c1-2-21-16(23)11-8-7-10(9-14(11)20-17(21)24)15(22)19-13-6-4-3-5-12(13)18/h3-9H,2H2,1H3,(H,19,22)(H,20,24). The average molecular weight is 360 g/mol. The van der Waals surface area contributed by atoms with E-state index in [0.29, 0.717) is 38.5 Å². The van der Waals surface area contributed by atoms with Crippen molar-refractivity contribution in [2.75, 3.05) is 5.32 Å². The molecule has 5 nitrogen and oxygen atoms in total. The SMILES string of the molecule is CCn1c(=S)[nH]c2cc(C(=O)Nc3ccccc3Cl)ccc2c1=O. The molecule has 1 aromatic heterocycles. The summed E-state index contributed by atoms with van der Waals surface area (Å²) in [5.74, 6) is -0.316. The van der Waals surface area contributed by atoms with Crippen LogP contribution >= 0.6 is 23.8 Å². The monoisotopic (exact) mass is 359 g/mol. The number of benzene rings is 2. The summed E-state index contributed by atoms with van der Waals surface area (Å²) in [6, 6.07) is 11.8. The molecule has 3 aromatic rings. The smallest absolute Gasteiger partial charge is 0.262 e. The van der Waals surface area contributed by atoms with E-state index in [-0.39, 0.29) is 11.5 Å². The first-order valence-corrected chi connectivity index (χ1v) is 8.12. The Morgan fingerprint density at radius 1 is 1.29 bits per heavy atom. The average Bonchev–Trinajstić information content (AvgIpc) is 2.56. The molecule has 24 heavy (non-hydrogen) atoms. The highest BCUT2D eigenvalue weighted by atomic mass is 35.5. The molecule has 0 saturated heterocycles. The van der Waals surface area contributed by atoms with Crippen LogP contribution in [0.25, 0.3) is 10.9 Å². The van der Waals surface area contributed by atoms with Crippen LogP contribution in [0, 0.1) is 4.77 Å². The van der Waals surface area contributed by atoms with Gasteiger partial charge in [-0.1, -0.05) is 23.7 Å². The van der Waals surface area contributed by atoms with Gasteiger partial charge in [-0.25, -0.2) is 0 Å². The van der Waals surface area contributed by atoms with Gasteiger partial charge in [0.05, 0.1) is 21.6 Å². The van der Waals surface area contributed by atoms with Crippen molar-refractivity contribution in [2.24, 2.45) is 0 Å². The van der Waals surface area contributed by atoms with E-state index in [9.17, 15) is 9.59 Å². The number of carbonyl (C=O) groups excluding carboxylic acids is 1. The minimum absolute atomic E-state index is 0.172. The number of fused-ring (bicyclic) bond motifs is 1. The summed E-state index contributed by atoms with van der Waals surface area (Å²) in [5.41, 5.74) is 1.29. The Morgan fingerprint density at radius 3 is 2.75 bits per heavy atom. The van der Waals surface area contributed by atoms with Crippen LogP contribution in [-0.4, -0.2) is 15.5 Å². The third kappa shape index (κ3) is 2.98. The Bertz CT molecular complexity index is 1060. The molecule has 0 unspecified atom stereocenters. The third-order valence-electron chi connectivity index (χ3n) is 3.68. The van der Waals surface area contributed by atoms with Crippen molar-refractivity contribution >= 4 is 46.3 Å². The van der Waals surface area contributed by atoms with E-state index in [1.165, 1.54) is 4.57 Å². The number of aromatic nitrogens is 2. The molecule has 1 amide bonds. The van der Waals surface area contributed by atoms with Gasteiger partial charge < -0.3 is 10.3 Å². The number of rotatable bonds is 3. The molecule has 0 bridgehead atoms. The fourth-order valence-corrected chi connectivity index (χ4v) is 2.94. The second-order valence-electron chi connectivity index (χ2n) is 5.17. The van der Waals surface area contributed by atoms with Gasteiger partial charge in [0.2, 0.25) is 0 Å². The number of H-pyrrole nitrogens is 1.